The fourth-order valence-corrected chi connectivity index (χ4v) is 5.32. The Balaban J connectivity index is 1.51. The Morgan fingerprint density at radius 1 is 1.26 bits per heavy atom. The topological polar surface area (TPSA) is 48.6 Å². The van der Waals surface area contributed by atoms with Crippen molar-refractivity contribution in [3.63, 3.8) is 0 Å². The van der Waals surface area contributed by atoms with E-state index in [1.54, 1.807) is 17.4 Å². The van der Waals surface area contributed by atoms with E-state index in [-0.39, 0.29) is 0 Å². The zero-order chi connectivity index (χ0) is 21.6. The van der Waals surface area contributed by atoms with Gasteiger partial charge in [0.2, 0.25) is 0 Å². The maximum atomic E-state index is 9.76. The van der Waals surface area contributed by atoms with E-state index < -0.39 is 0 Å². The lowest BCUT2D eigenvalue weighted by molar-refractivity contribution is 0.249. The molecule has 1 aliphatic rings. The Kier molecular flexibility index (Phi) is 6.98. The van der Waals surface area contributed by atoms with Crippen LogP contribution in [0.15, 0.2) is 70.7 Å². The third-order valence-corrected chi connectivity index (χ3v) is 6.87. The van der Waals surface area contributed by atoms with Gasteiger partial charge in [-0.2, -0.15) is 5.26 Å². The summed E-state index contributed by atoms with van der Waals surface area (Å²) in [6.07, 6.45) is 4.41. The number of rotatable bonds is 7. The van der Waals surface area contributed by atoms with Crippen LogP contribution >= 0.6 is 27.3 Å². The third-order valence-electron chi connectivity index (χ3n) is 5.12. The van der Waals surface area contributed by atoms with Gasteiger partial charge in [-0.05, 0) is 57.2 Å². The standard InChI is InChI=1S/C25H22BrN3OS/c1-2-12-30-23-9-8-19(13-22(23)26)15-28-25-21(14-27)20-10-11-29(17-24(20)31-25)16-18-6-4-3-5-7-18/h2-9,13,15H,1,10-12,16-17H2. The van der Waals surface area contributed by atoms with Gasteiger partial charge in [0, 0.05) is 30.7 Å². The average Bonchev–Trinajstić information content (AvgIpc) is 3.14. The fourth-order valence-electron chi connectivity index (χ4n) is 3.62. The highest BCUT2D eigenvalue weighted by atomic mass is 79.9. The van der Waals surface area contributed by atoms with Crippen molar-refractivity contribution in [2.24, 2.45) is 4.99 Å². The normalized spacial score (nSPS) is 13.7. The van der Waals surface area contributed by atoms with Crippen LogP contribution in [0.5, 0.6) is 5.75 Å². The monoisotopic (exact) mass is 491 g/mol. The first-order valence-corrected chi connectivity index (χ1v) is 11.7. The summed E-state index contributed by atoms with van der Waals surface area (Å²) in [5.74, 6) is 0.764. The van der Waals surface area contributed by atoms with Crippen molar-refractivity contribution in [1.82, 2.24) is 4.90 Å². The molecule has 2 aromatic carbocycles. The van der Waals surface area contributed by atoms with Crippen molar-refractivity contribution in [2.45, 2.75) is 19.5 Å². The van der Waals surface area contributed by atoms with Crippen LogP contribution in [0.25, 0.3) is 0 Å². The number of halogens is 1. The molecule has 2 heterocycles. The minimum atomic E-state index is 0.458. The molecule has 0 saturated carbocycles. The molecule has 0 spiro atoms. The van der Waals surface area contributed by atoms with Gasteiger partial charge in [-0.15, -0.1) is 11.3 Å². The number of benzene rings is 2. The van der Waals surface area contributed by atoms with Crippen LogP contribution in [0.3, 0.4) is 0 Å². The maximum absolute atomic E-state index is 9.76. The van der Waals surface area contributed by atoms with Crippen LogP contribution in [0.4, 0.5) is 5.00 Å². The Hall–Kier alpha value is -2.72. The molecule has 0 saturated heterocycles. The number of nitrogens with zero attached hydrogens (tertiary/aromatic N) is 3. The third kappa shape index (κ3) is 5.13. The first-order valence-electron chi connectivity index (χ1n) is 10.1. The van der Waals surface area contributed by atoms with E-state index in [1.807, 2.05) is 30.5 Å². The molecule has 0 bridgehead atoms. The van der Waals surface area contributed by atoms with E-state index >= 15 is 0 Å². The lowest BCUT2D eigenvalue weighted by Crippen LogP contribution is -2.29. The van der Waals surface area contributed by atoms with Crippen molar-refractivity contribution >= 4 is 38.5 Å². The minimum absolute atomic E-state index is 0.458. The van der Waals surface area contributed by atoms with Crippen molar-refractivity contribution in [3.8, 4) is 11.8 Å². The highest BCUT2D eigenvalue weighted by molar-refractivity contribution is 9.10. The van der Waals surface area contributed by atoms with E-state index in [0.29, 0.717) is 6.61 Å². The second-order valence-electron chi connectivity index (χ2n) is 7.29. The lowest BCUT2D eigenvalue weighted by atomic mass is 10.0. The van der Waals surface area contributed by atoms with E-state index in [9.17, 15) is 5.26 Å². The fraction of sp³-hybridized carbons (Fsp3) is 0.200. The van der Waals surface area contributed by atoms with Crippen LogP contribution < -0.4 is 4.74 Å². The SMILES string of the molecule is C=CCOc1ccc(C=Nc2sc3c(c2C#N)CCN(Cc2ccccc2)C3)cc1Br. The highest BCUT2D eigenvalue weighted by Gasteiger charge is 2.24. The summed E-state index contributed by atoms with van der Waals surface area (Å²) in [4.78, 5) is 8.35. The Labute approximate surface area is 195 Å². The first-order chi connectivity index (χ1) is 15.2. The summed E-state index contributed by atoms with van der Waals surface area (Å²) in [5, 5.41) is 10.6. The Morgan fingerprint density at radius 2 is 2.10 bits per heavy atom. The molecular weight excluding hydrogens is 470 g/mol. The predicted molar refractivity (Wildman–Crippen MR) is 130 cm³/mol. The molecule has 1 aliphatic heterocycles. The summed E-state index contributed by atoms with van der Waals surface area (Å²) < 4.78 is 6.45. The van der Waals surface area contributed by atoms with Crippen LogP contribution in [0.2, 0.25) is 0 Å². The zero-order valence-electron chi connectivity index (χ0n) is 17.1. The lowest BCUT2D eigenvalue weighted by Gasteiger charge is -2.26. The second kappa shape index (κ2) is 10.1. The van der Waals surface area contributed by atoms with Gasteiger partial charge in [-0.1, -0.05) is 43.0 Å². The molecule has 4 rings (SSSR count). The molecule has 0 radical (unpaired) electrons. The second-order valence-corrected chi connectivity index (χ2v) is 9.23. The Bertz CT molecular complexity index is 1150. The number of hydrogen-bond donors (Lipinski definition) is 0. The summed E-state index contributed by atoms with van der Waals surface area (Å²) in [6.45, 7) is 6.86. The molecule has 4 nitrogen and oxygen atoms in total. The van der Waals surface area contributed by atoms with Gasteiger partial charge < -0.3 is 4.74 Å². The zero-order valence-corrected chi connectivity index (χ0v) is 19.5. The molecule has 31 heavy (non-hydrogen) atoms. The quantitative estimate of drug-likeness (QED) is 0.289. The predicted octanol–water partition coefficient (Wildman–Crippen LogP) is 6.26. The van der Waals surface area contributed by atoms with Crippen molar-refractivity contribution in [2.75, 3.05) is 13.2 Å². The van der Waals surface area contributed by atoms with Crippen LogP contribution in [-0.4, -0.2) is 24.3 Å². The molecular formula is C25H22BrN3OS. The number of hydrogen-bond acceptors (Lipinski definition) is 5. The summed E-state index contributed by atoms with van der Waals surface area (Å²) in [7, 11) is 0. The maximum Gasteiger partial charge on any atom is 0.134 e. The van der Waals surface area contributed by atoms with E-state index in [0.717, 1.165) is 52.4 Å². The van der Waals surface area contributed by atoms with Gasteiger partial charge in [0.25, 0.3) is 0 Å². The van der Waals surface area contributed by atoms with Crippen LogP contribution in [0.1, 0.15) is 27.1 Å². The number of aliphatic imine (C=N–C) groups is 1. The molecule has 6 heteroatoms. The molecule has 156 valence electrons. The van der Waals surface area contributed by atoms with Gasteiger partial charge in [-0.25, -0.2) is 4.99 Å². The van der Waals surface area contributed by atoms with Gasteiger partial charge in [0.15, 0.2) is 0 Å². The summed E-state index contributed by atoms with van der Waals surface area (Å²) in [6, 6.07) is 18.7. The smallest absolute Gasteiger partial charge is 0.134 e. The molecule has 3 aromatic rings. The van der Waals surface area contributed by atoms with Crippen molar-refractivity contribution in [1.29, 1.82) is 5.26 Å². The van der Waals surface area contributed by atoms with Gasteiger partial charge in [-0.3, -0.25) is 4.90 Å². The summed E-state index contributed by atoms with van der Waals surface area (Å²) in [5.41, 5.74) is 4.14. The van der Waals surface area contributed by atoms with E-state index in [2.05, 4.69) is 62.7 Å². The van der Waals surface area contributed by atoms with Crippen LogP contribution in [-0.2, 0) is 19.5 Å². The van der Waals surface area contributed by atoms with E-state index in [1.165, 1.54) is 16.0 Å². The molecule has 0 unspecified atom stereocenters. The van der Waals surface area contributed by atoms with Gasteiger partial charge >= 0.3 is 0 Å². The van der Waals surface area contributed by atoms with Gasteiger partial charge in [0.1, 0.15) is 23.4 Å². The Morgan fingerprint density at radius 3 is 2.84 bits per heavy atom. The minimum Gasteiger partial charge on any atom is -0.488 e. The molecule has 0 aliphatic carbocycles. The molecule has 0 atom stereocenters. The van der Waals surface area contributed by atoms with Crippen molar-refractivity contribution in [3.05, 3.63) is 92.8 Å². The summed E-state index contributed by atoms with van der Waals surface area (Å²) >= 11 is 5.16. The molecule has 0 fully saturated rings. The number of thiophene rings is 1. The first kappa shape index (κ1) is 21.5. The van der Waals surface area contributed by atoms with Crippen LogP contribution in [0, 0.1) is 11.3 Å². The molecule has 0 N–H and O–H groups in total. The molecule has 0 amide bonds. The number of nitriles is 1. The number of ether oxygens (including phenoxy) is 1. The molecule has 1 aromatic heterocycles. The van der Waals surface area contributed by atoms with E-state index in [4.69, 9.17) is 4.74 Å². The van der Waals surface area contributed by atoms with Crippen molar-refractivity contribution < 1.29 is 4.74 Å². The average molecular weight is 492 g/mol. The number of fused-ring (bicyclic) bond motifs is 1. The highest BCUT2D eigenvalue weighted by Crippen LogP contribution is 2.38. The van der Waals surface area contributed by atoms with Gasteiger partial charge in [0.05, 0.1) is 10.0 Å². The largest absolute Gasteiger partial charge is 0.488 e.